The molecule has 0 aliphatic carbocycles. The van der Waals surface area contributed by atoms with Gasteiger partial charge in [0, 0.05) is 41.7 Å². The molecule has 5 rings (SSSR count). The molecule has 4 bridgehead atoms. The number of methoxy groups -OCH3 is 1. The monoisotopic (exact) mass is 1070 g/mol. The van der Waals surface area contributed by atoms with Gasteiger partial charge in [-0.1, -0.05) is 48.0 Å². The van der Waals surface area contributed by atoms with Crippen LogP contribution in [0.5, 0.6) is 11.5 Å². The van der Waals surface area contributed by atoms with Gasteiger partial charge in [0.2, 0.25) is 23.6 Å². The van der Waals surface area contributed by atoms with Gasteiger partial charge >= 0.3 is 18.2 Å². The summed E-state index contributed by atoms with van der Waals surface area (Å²) in [7, 11) is 2.74. The minimum Gasteiger partial charge on any atom is -0.496 e. The van der Waals surface area contributed by atoms with Gasteiger partial charge in [-0.15, -0.1) is 0 Å². The van der Waals surface area contributed by atoms with Gasteiger partial charge in [0.15, 0.2) is 6.10 Å². The number of ether oxygens (including phenoxy) is 4. The Hall–Kier alpha value is -7.71. The van der Waals surface area contributed by atoms with Gasteiger partial charge in [0.05, 0.1) is 13.2 Å². The van der Waals surface area contributed by atoms with Gasteiger partial charge in [0.1, 0.15) is 46.9 Å². The quantitative estimate of drug-likeness (QED) is 0.0359. The normalized spacial score (nSPS) is 16.9. The zero-order chi connectivity index (χ0) is 56.2. The second-order valence-corrected chi connectivity index (χ2v) is 20.8. The molecule has 0 saturated heterocycles. The van der Waals surface area contributed by atoms with Gasteiger partial charge in [0.25, 0.3) is 5.91 Å². The number of alkyl carbamates (subject to hydrolysis) is 1. The number of nitrogens with zero attached hydrogens (tertiary/aromatic N) is 1. The molecular weight excluding hydrogens is 1000 g/mol. The molecule has 21 heteroatoms. The molecule has 6 amide bonds. The highest BCUT2D eigenvalue weighted by molar-refractivity contribution is 6.30. The summed E-state index contributed by atoms with van der Waals surface area (Å²) in [5.74, 6) is -5.35. The van der Waals surface area contributed by atoms with Crippen LogP contribution >= 0.6 is 11.6 Å². The van der Waals surface area contributed by atoms with Gasteiger partial charge in [-0.2, -0.15) is 0 Å². The Morgan fingerprint density at radius 1 is 0.789 bits per heavy atom. The van der Waals surface area contributed by atoms with E-state index in [1.807, 2.05) is 12.1 Å². The Kier molecular flexibility index (Phi) is 20.0. The lowest BCUT2D eigenvalue weighted by atomic mass is 9.93. The fraction of sp³-hybridized carbons (Fsp3) is 0.418. The topological polar surface area (TPSA) is 277 Å². The van der Waals surface area contributed by atoms with E-state index in [1.54, 1.807) is 96.1 Å². The summed E-state index contributed by atoms with van der Waals surface area (Å²) in [5.41, 5.74) is 1.19. The van der Waals surface area contributed by atoms with Crippen molar-refractivity contribution in [3.63, 3.8) is 0 Å². The number of unbranched alkanes of at least 4 members (excludes halogenated alkanes) is 1. The number of carboxylic acid groups (broad SMARTS) is 1. The van der Waals surface area contributed by atoms with Crippen LogP contribution in [0.1, 0.15) is 102 Å². The van der Waals surface area contributed by atoms with Crippen LogP contribution in [0.4, 0.5) is 9.59 Å². The highest BCUT2D eigenvalue weighted by Gasteiger charge is 2.37. The summed E-state index contributed by atoms with van der Waals surface area (Å²) >= 11 is 6.09. The number of fused-ring (bicyclic) bond motifs is 5. The number of carboxylic acids is 1. The summed E-state index contributed by atoms with van der Waals surface area (Å²) < 4.78 is 22.4. The number of nitrogens with one attached hydrogen (secondary N) is 5. The molecule has 408 valence electrons. The number of carbonyl (C=O) groups excluding carboxylic acids is 7. The minimum atomic E-state index is -1.99. The summed E-state index contributed by atoms with van der Waals surface area (Å²) in [4.78, 5) is 110. The van der Waals surface area contributed by atoms with Crippen molar-refractivity contribution >= 4 is 59.4 Å². The third kappa shape index (κ3) is 16.6. The molecule has 0 saturated carbocycles. The Bertz CT molecular complexity index is 2780. The Labute approximate surface area is 446 Å². The first-order valence-electron chi connectivity index (χ1n) is 24.6. The standard InChI is InChI=1S/C55H67ClN6O14/c1-30(45(63)51(69)70)58-48(66)41-28-32-14-24-42(73-10)38(27-32)39-29-36(21-25-43(39)74-53(72)76-55(6,7)8)44(49(67)59-31(2)46(64)61-41)62(9)50(68)40(13-11-12-26-57-52(71)75-54(3,4)5)60-47(65)35-17-15-33(16-18-35)34-19-22-37(56)23-20-34/h14-25,27,29-31,40-41,44-45,63H,11-13,26,28H2,1-10H3,(H,57,71)(H,58,66)(H,59,67)(H,60,65)(H,61,64)(H,69,70). The van der Waals surface area contributed by atoms with Crippen LogP contribution in [-0.4, -0.2) is 125 Å². The van der Waals surface area contributed by atoms with Crippen molar-refractivity contribution in [3.8, 4) is 33.8 Å². The third-order valence-electron chi connectivity index (χ3n) is 11.9. The maximum Gasteiger partial charge on any atom is 0.514 e. The molecule has 1 heterocycles. The molecule has 0 spiro atoms. The van der Waals surface area contributed by atoms with Crippen LogP contribution in [0.2, 0.25) is 5.02 Å². The van der Waals surface area contributed by atoms with Gasteiger partial charge < -0.3 is 60.6 Å². The van der Waals surface area contributed by atoms with Crippen LogP contribution in [-0.2, 0) is 39.9 Å². The molecule has 1 aliphatic heterocycles. The number of aliphatic hydroxyl groups excluding tert-OH is 1. The van der Waals surface area contributed by atoms with E-state index in [9.17, 15) is 43.8 Å². The molecule has 20 nitrogen and oxygen atoms in total. The molecule has 4 aromatic carbocycles. The van der Waals surface area contributed by atoms with Gasteiger partial charge in [-0.25, -0.2) is 14.4 Å². The van der Waals surface area contributed by atoms with Crippen molar-refractivity contribution in [1.29, 1.82) is 0 Å². The first-order chi connectivity index (χ1) is 35.6. The lowest BCUT2D eigenvalue weighted by molar-refractivity contribution is -0.148. The zero-order valence-electron chi connectivity index (χ0n) is 44.2. The number of aliphatic hydroxyl groups is 1. The molecule has 0 radical (unpaired) electrons. The number of hydrogen-bond donors (Lipinski definition) is 7. The van der Waals surface area contributed by atoms with E-state index in [0.29, 0.717) is 23.4 Å². The molecule has 0 fully saturated rings. The number of carbonyl (C=O) groups is 8. The Morgan fingerprint density at radius 3 is 2.00 bits per heavy atom. The van der Waals surface area contributed by atoms with Crippen molar-refractivity contribution in [1.82, 2.24) is 31.5 Å². The number of benzene rings is 4. The van der Waals surface area contributed by atoms with Crippen LogP contribution in [0.25, 0.3) is 22.3 Å². The molecule has 7 N–H and O–H groups in total. The average molecular weight is 1070 g/mol. The highest BCUT2D eigenvalue weighted by Crippen LogP contribution is 2.40. The fourth-order valence-corrected chi connectivity index (χ4v) is 8.17. The molecule has 0 aromatic heterocycles. The second-order valence-electron chi connectivity index (χ2n) is 20.3. The lowest BCUT2D eigenvalue weighted by Crippen LogP contribution is -2.57. The van der Waals surface area contributed by atoms with Crippen molar-refractivity contribution < 1.29 is 67.5 Å². The SMILES string of the molecule is COc1ccc2cc1-c1cc(ccc1OC(=O)OC(C)(C)C)C(N(C)C(=O)C(CCCCNC(=O)OC(C)(C)C)NC(=O)c1ccc(-c3ccc(Cl)cc3)cc1)C(=O)NC(C)C(=O)NC(C(=O)NC(C)C(O)C(=O)O)C2. The van der Waals surface area contributed by atoms with Crippen molar-refractivity contribution in [2.45, 2.75) is 129 Å². The summed E-state index contributed by atoms with van der Waals surface area (Å²) in [6, 6.07) is 16.1. The summed E-state index contributed by atoms with van der Waals surface area (Å²) in [6.45, 7) is 12.9. The van der Waals surface area contributed by atoms with Crippen molar-refractivity contribution in [2.24, 2.45) is 0 Å². The Balaban J connectivity index is 1.60. The van der Waals surface area contributed by atoms with Crippen LogP contribution < -0.4 is 36.1 Å². The van der Waals surface area contributed by atoms with Gasteiger partial charge in [-0.3, -0.25) is 24.0 Å². The number of halogens is 1. The summed E-state index contributed by atoms with van der Waals surface area (Å²) in [5, 5.41) is 33.4. The van der Waals surface area contributed by atoms with E-state index in [0.717, 1.165) is 16.0 Å². The smallest absolute Gasteiger partial charge is 0.496 e. The predicted octanol–water partition coefficient (Wildman–Crippen LogP) is 6.49. The Morgan fingerprint density at radius 2 is 1.39 bits per heavy atom. The number of aliphatic carboxylic acids is 1. The second kappa shape index (κ2) is 25.7. The third-order valence-corrected chi connectivity index (χ3v) is 12.1. The minimum absolute atomic E-state index is 0.0321. The number of likely N-dealkylation sites (N-methyl/N-ethyl adjacent to an activating group) is 1. The molecular formula is C55H67ClN6O14. The van der Waals surface area contributed by atoms with Crippen LogP contribution in [0, 0.1) is 0 Å². The summed E-state index contributed by atoms with van der Waals surface area (Å²) in [6.07, 6.45) is -3.21. The number of hydrogen-bond acceptors (Lipinski definition) is 13. The number of amides is 6. The first kappa shape index (κ1) is 59.2. The van der Waals surface area contributed by atoms with E-state index in [1.165, 1.54) is 46.2 Å². The largest absolute Gasteiger partial charge is 0.514 e. The van der Waals surface area contributed by atoms with Crippen molar-refractivity contribution in [3.05, 3.63) is 107 Å². The molecule has 76 heavy (non-hydrogen) atoms. The molecule has 6 unspecified atom stereocenters. The van der Waals surface area contributed by atoms with Crippen LogP contribution in [0.3, 0.4) is 0 Å². The van der Waals surface area contributed by atoms with E-state index in [4.69, 9.17) is 30.5 Å². The maximum absolute atomic E-state index is 15.1. The average Bonchev–Trinajstić information content (AvgIpc) is 3.34. The van der Waals surface area contributed by atoms with Crippen molar-refractivity contribution in [2.75, 3.05) is 20.7 Å². The predicted molar refractivity (Wildman–Crippen MR) is 282 cm³/mol. The zero-order valence-corrected chi connectivity index (χ0v) is 45.0. The van der Waals surface area contributed by atoms with E-state index in [2.05, 4.69) is 26.6 Å². The van der Waals surface area contributed by atoms with E-state index >= 15 is 4.79 Å². The lowest BCUT2D eigenvalue weighted by Gasteiger charge is -2.33. The molecule has 4 aromatic rings. The maximum atomic E-state index is 15.1. The highest BCUT2D eigenvalue weighted by atomic mass is 35.5. The first-order valence-corrected chi connectivity index (χ1v) is 25.0. The molecule has 6 atom stereocenters. The molecule has 1 aliphatic rings. The van der Waals surface area contributed by atoms with Gasteiger partial charge in [-0.05, 0) is 145 Å². The van der Waals surface area contributed by atoms with Crippen LogP contribution in [0.15, 0.2) is 84.9 Å². The van der Waals surface area contributed by atoms with E-state index < -0.39 is 95.3 Å². The number of rotatable bonds is 16. The van der Waals surface area contributed by atoms with E-state index in [-0.39, 0.29) is 53.1 Å². The fourth-order valence-electron chi connectivity index (χ4n) is 8.05.